The van der Waals surface area contributed by atoms with Gasteiger partial charge in [0.05, 0.1) is 11.3 Å². The summed E-state index contributed by atoms with van der Waals surface area (Å²) in [6.07, 6.45) is 0.959. The van der Waals surface area contributed by atoms with Crippen molar-refractivity contribution in [3.05, 3.63) is 64.9 Å². The van der Waals surface area contributed by atoms with E-state index in [9.17, 15) is 18.8 Å². The molecule has 0 radical (unpaired) electrons. The maximum atomic E-state index is 13.6. The van der Waals surface area contributed by atoms with Gasteiger partial charge in [-0.15, -0.1) is 0 Å². The summed E-state index contributed by atoms with van der Waals surface area (Å²) in [5, 5.41) is 6.40. The molecule has 0 bridgehead atoms. The van der Waals surface area contributed by atoms with Crippen LogP contribution in [0, 0.1) is 11.7 Å². The van der Waals surface area contributed by atoms with Gasteiger partial charge in [-0.1, -0.05) is 23.7 Å². The first-order chi connectivity index (χ1) is 13.4. The van der Waals surface area contributed by atoms with E-state index in [4.69, 9.17) is 23.8 Å². The molecular weight excluding hydrogens is 407 g/mol. The molecule has 2 N–H and O–H groups in total. The molecule has 3 rings (SSSR count). The van der Waals surface area contributed by atoms with Gasteiger partial charge in [0, 0.05) is 11.2 Å². The number of rotatable bonds is 4. The van der Waals surface area contributed by atoms with E-state index >= 15 is 0 Å². The van der Waals surface area contributed by atoms with Gasteiger partial charge in [0.15, 0.2) is 11.0 Å². The standard InChI is InChI=1S/C18H12ClFN4O3S/c19-10-5-7-11(8-6-10)24-17(27)13(15(25)22-18(24)28)9-21-23-16(26)12-3-1-2-4-14(12)20/h1-9,13H,(H,23,26)(H,22,25,28)/b21-9-/t13-/m1/s1. The Morgan fingerprint density at radius 1 is 1.21 bits per heavy atom. The highest BCUT2D eigenvalue weighted by molar-refractivity contribution is 7.80. The number of benzene rings is 2. The maximum Gasteiger partial charge on any atom is 0.274 e. The van der Waals surface area contributed by atoms with Crippen molar-refractivity contribution in [1.29, 1.82) is 0 Å². The third-order valence-electron chi connectivity index (χ3n) is 3.80. The third-order valence-corrected chi connectivity index (χ3v) is 4.33. The molecular formula is C18H12ClFN4O3S. The zero-order chi connectivity index (χ0) is 20.3. The topological polar surface area (TPSA) is 90.9 Å². The molecule has 0 aromatic heterocycles. The van der Waals surface area contributed by atoms with Crippen molar-refractivity contribution in [1.82, 2.24) is 10.7 Å². The van der Waals surface area contributed by atoms with Gasteiger partial charge in [0.25, 0.3) is 11.8 Å². The van der Waals surface area contributed by atoms with E-state index in [0.29, 0.717) is 10.7 Å². The van der Waals surface area contributed by atoms with Crippen LogP contribution >= 0.6 is 23.8 Å². The number of nitrogens with zero attached hydrogens (tertiary/aromatic N) is 2. The molecule has 10 heteroatoms. The summed E-state index contributed by atoms with van der Waals surface area (Å²) >= 11 is 10.9. The molecule has 7 nitrogen and oxygen atoms in total. The van der Waals surface area contributed by atoms with Gasteiger partial charge in [-0.3, -0.25) is 19.3 Å². The van der Waals surface area contributed by atoms with Crippen LogP contribution in [0.25, 0.3) is 0 Å². The van der Waals surface area contributed by atoms with Crippen LogP contribution < -0.4 is 15.6 Å². The van der Waals surface area contributed by atoms with Gasteiger partial charge in [0.1, 0.15) is 5.82 Å². The summed E-state index contributed by atoms with van der Waals surface area (Å²) in [6, 6.07) is 11.6. The SMILES string of the molecule is O=C(N/N=C\[C@@H]1C(=O)NC(=S)N(c2ccc(Cl)cc2)C1=O)c1ccccc1F. The number of carbonyl (C=O) groups excluding carboxylic acids is 3. The Kier molecular flexibility index (Phi) is 5.76. The fourth-order valence-electron chi connectivity index (χ4n) is 2.43. The number of hydrogen-bond donors (Lipinski definition) is 2. The van der Waals surface area contributed by atoms with Gasteiger partial charge in [-0.2, -0.15) is 5.10 Å². The number of hydrazone groups is 1. The van der Waals surface area contributed by atoms with E-state index in [1.54, 1.807) is 24.3 Å². The Balaban J connectivity index is 1.76. The highest BCUT2D eigenvalue weighted by atomic mass is 35.5. The molecule has 1 atom stereocenters. The van der Waals surface area contributed by atoms with E-state index in [1.165, 1.54) is 18.2 Å². The number of thiocarbonyl (C=S) groups is 1. The minimum atomic E-state index is -1.33. The van der Waals surface area contributed by atoms with Crippen molar-refractivity contribution in [2.75, 3.05) is 4.90 Å². The summed E-state index contributed by atoms with van der Waals surface area (Å²) in [4.78, 5) is 37.9. The Hall–Kier alpha value is -3.17. The number of carbonyl (C=O) groups is 3. The average Bonchev–Trinajstić information content (AvgIpc) is 2.66. The van der Waals surface area contributed by atoms with E-state index in [2.05, 4.69) is 15.8 Å². The molecule has 0 spiro atoms. The molecule has 0 unspecified atom stereocenters. The van der Waals surface area contributed by atoms with Crippen LogP contribution in [0.1, 0.15) is 10.4 Å². The Morgan fingerprint density at radius 2 is 1.89 bits per heavy atom. The molecule has 3 amide bonds. The number of amides is 3. The van der Waals surface area contributed by atoms with E-state index in [1.807, 2.05) is 0 Å². The number of anilines is 1. The number of hydrogen-bond acceptors (Lipinski definition) is 5. The van der Waals surface area contributed by atoms with Crippen molar-refractivity contribution < 1.29 is 18.8 Å². The molecule has 0 aliphatic carbocycles. The number of halogens is 2. The van der Waals surface area contributed by atoms with Gasteiger partial charge in [-0.25, -0.2) is 9.82 Å². The lowest BCUT2D eigenvalue weighted by Gasteiger charge is -2.30. The second-order valence-electron chi connectivity index (χ2n) is 5.62. The summed E-state index contributed by atoms with van der Waals surface area (Å²) in [7, 11) is 0. The van der Waals surface area contributed by atoms with E-state index in [0.717, 1.165) is 17.2 Å². The number of nitrogens with one attached hydrogen (secondary N) is 2. The summed E-state index contributed by atoms with van der Waals surface area (Å²) in [5.74, 6) is -4.21. The van der Waals surface area contributed by atoms with Crippen molar-refractivity contribution >= 4 is 58.6 Å². The smallest absolute Gasteiger partial charge is 0.274 e. The quantitative estimate of drug-likeness (QED) is 0.345. The molecule has 28 heavy (non-hydrogen) atoms. The van der Waals surface area contributed by atoms with Gasteiger partial charge < -0.3 is 5.32 Å². The zero-order valence-electron chi connectivity index (χ0n) is 14.1. The van der Waals surface area contributed by atoms with Crippen LogP contribution in [0.2, 0.25) is 5.02 Å². The average molecular weight is 419 g/mol. The van der Waals surface area contributed by atoms with Crippen LogP contribution in [0.3, 0.4) is 0 Å². The normalized spacial score (nSPS) is 17.0. The van der Waals surface area contributed by atoms with Crippen LogP contribution in [-0.2, 0) is 9.59 Å². The lowest BCUT2D eigenvalue weighted by Crippen LogP contribution is -2.58. The molecule has 1 saturated heterocycles. The Morgan fingerprint density at radius 3 is 2.57 bits per heavy atom. The van der Waals surface area contributed by atoms with Gasteiger partial charge in [-0.05, 0) is 48.6 Å². The van der Waals surface area contributed by atoms with Crippen LogP contribution in [0.15, 0.2) is 53.6 Å². The molecule has 1 fully saturated rings. The van der Waals surface area contributed by atoms with Crippen LogP contribution in [-0.4, -0.2) is 29.0 Å². The second-order valence-corrected chi connectivity index (χ2v) is 6.44. The summed E-state index contributed by atoms with van der Waals surface area (Å²) in [6.45, 7) is 0. The predicted octanol–water partition coefficient (Wildman–Crippen LogP) is 2.26. The Labute approximate surface area is 169 Å². The third kappa shape index (κ3) is 4.05. The van der Waals surface area contributed by atoms with Crippen molar-refractivity contribution in [3.63, 3.8) is 0 Å². The minimum absolute atomic E-state index is 0.0858. The van der Waals surface area contributed by atoms with E-state index < -0.39 is 29.5 Å². The predicted molar refractivity (Wildman–Crippen MR) is 106 cm³/mol. The van der Waals surface area contributed by atoms with Crippen molar-refractivity contribution in [2.24, 2.45) is 11.0 Å². The fraction of sp³-hybridized carbons (Fsp3) is 0.0556. The van der Waals surface area contributed by atoms with Gasteiger partial charge in [0.2, 0.25) is 5.91 Å². The first kappa shape index (κ1) is 19.6. The lowest BCUT2D eigenvalue weighted by atomic mass is 10.1. The largest absolute Gasteiger partial charge is 0.301 e. The zero-order valence-corrected chi connectivity index (χ0v) is 15.6. The molecule has 2 aromatic carbocycles. The molecule has 0 saturated carbocycles. The molecule has 2 aromatic rings. The highest BCUT2D eigenvalue weighted by Gasteiger charge is 2.38. The highest BCUT2D eigenvalue weighted by Crippen LogP contribution is 2.22. The Bertz CT molecular complexity index is 997. The monoisotopic (exact) mass is 418 g/mol. The van der Waals surface area contributed by atoms with Crippen LogP contribution in [0.4, 0.5) is 10.1 Å². The molecule has 1 heterocycles. The second kappa shape index (κ2) is 8.24. The first-order valence-corrected chi connectivity index (χ1v) is 8.69. The maximum absolute atomic E-state index is 13.6. The van der Waals surface area contributed by atoms with Gasteiger partial charge >= 0.3 is 0 Å². The van der Waals surface area contributed by atoms with Crippen LogP contribution in [0.5, 0.6) is 0 Å². The van der Waals surface area contributed by atoms with Crippen molar-refractivity contribution in [3.8, 4) is 0 Å². The van der Waals surface area contributed by atoms with Crippen molar-refractivity contribution in [2.45, 2.75) is 0 Å². The summed E-state index contributed by atoms with van der Waals surface area (Å²) < 4.78 is 13.6. The molecule has 142 valence electrons. The first-order valence-electron chi connectivity index (χ1n) is 7.91. The van der Waals surface area contributed by atoms with E-state index in [-0.39, 0.29) is 10.7 Å². The fourth-order valence-corrected chi connectivity index (χ4v) is 2.85. The molecule has 1 aliphatic rings. The minimum Gasteiger partial charge on any atom is -0.301 e. The lowest BCUT2D eigenvalue weighted by molar-refractivity contribution is -0.130. The molecule has 1 aliphatic heterocycles. The summed E-state index contributed by atoms with van der Waals surface area (Å²) in [5.41, 5.74) is 2.28.